The summed E-state index contributed by atoms with van der Waals surface area (Å²) in [4.78, 5) is 12.3. The molecule has 0 bridgehead atoms. The van der Waals surface area contributed by atoms with Crippen LogP contribution in [0.5, 0.6) is 0 Å². The van der Waals surface area contributed by atoms with E-state index in [1.165, 1.54) is 30.3 Å². The standard InChI is InChI=1S/C30H38N2O2.C9H7F3N2.CH4O/c1-23(32-3)26-12-8-14-28(20-26)27-13-7-11-25(19-27)21-30(34,22-33)29(17-18-31-2)16-15-24-9-5-4-6-10-24;1-14-7-3-2-6(5-13)8(4-7)9(10,11)12;1-2/h4-14,20,22,25,29,31-32,34H,1,15-19,21H2,2-3H3;2-4,14H,1H3;2H,1H3. The number of hydrogen-bond acceptors (Lipinski definition) is 7. The highest BCUT2D eigenvalue weighted by Gasteiger charge is 2.38. The molecule has 0 aliphatic heterocycles. The summed E-state index contributed by atoms with van der Waals surface area (Å²) in [5, 5.41) is 35.9. The van der Waals surface area contributed by atoms with E-state index < -0.39 is 17.3 Å². The number of aryl methyl sites for hydroxylation is 1. The molecular formula is C40H49F3N4O3. The Morgan fingerprint density at radius 3 is 2.36 bits per heavy atom. The van der Waals surface area contributed by atoms with Gasteiger partial charge in [-0.1, -0.05) is 73.3 Å². The second-order valence-corrected chi connectivity index (χ2v) is 11.9. The minimum Gasteiger partial charge on any atom is -0.400 e. The van der Waals surface area contributed by atoms with Crippen molar-refractivity contribution in [2.75, 3.05) is 40.1 Å². The van der Waals surface area contributed by atoms with E-state index in [9.17, 15) is 23.1 Å². The number of alkyl halides is 3. The van der Waals surface area contributed by atoms with Crippen LogP contribution >= 0.6 is 0 Å². The van der Waals surface area contributed by atoms with Gasteiger partial charge in [-0.25, -0.2) is 0 Å². The quantitative estimate of drug-likeness (QED) is 0.113. The molecule has 50 heavy (non-hydrogen) atoms. The van der Waals surface area contributed by atoms with Gasteiger partial charge in [-0.3, -0.25) is 0 Å². The fraction of sp³-hybridized carbons (Fsp3) is 0.350. The van der Waals surface area contributed by atoms with Gasteiger partial charge in [-0.2, -0.15) is 18.4 Å². The second-order valence-electron chi connectivity index (χ2n) is 11.9. The van der Waals surface area contributed by atoms with E-state index in [1.807, 2.05) is 44.4 Å². The van der Waals surface area contributed by atoms with Gasteiger partial charge in [0.15, 0.2) is 6.29 Å². The van der Waals surface area contributed by atoms with Gasteiger partial charge < -0.3 is 31.0 Å². The molecule has 0 saturated carbocycles. The number of anilines is 1. The Balaban J connectivity index is 0.000000452. The maximum atomic E-state index is 12.4. The molecule has 4 rings (SSSR count). The van der Waals surface area contributed by atoms with Crippen molar-refractivity contribution in [1.29, 1.82) is 5.26 Å². The molecule has 3 aromatic rings. The smallest absolute Gasteiger partial charge is 0.400 e. The Labute approximate surface area is 294 Å². The minimum absolute atomic E-state index is 0.0974. The zero-order chi connectivity index (χ0) is 37.2. The van der Waals surface area contributed by atoms with E-state index in [4.69, 9.17) is 10.4 Å². The predicted octanol–water partition coefficient (Wildman–Crippen LogP) is 7.24. The molecule has 0 radical (unpaired) electrons. The van der Waals surface area contributed by atoms with E-state index >= 15 is 0 Å². The van der Waals surface area contributed by atoms with Gasteiger partial charge in [-0.05, 0) is 104 Å². The molecule has 1 aliphatic rings. The first-order chi connectivity index (χ1) is 24.0. The lowest BCUT2D eigenvalue weighted by molar-refractivity contribution is -0.137. The summed E-state index contributed by atoms with van der Waals surface area (Å²) in [6, 6.07) is 23.6. The monoisotopic (exact) mass is 690 g/mol. The zero-order valence-corrected chi connectivity index (χ0v) is 29.2. The Hall–Kier alpha value is -4.69. The number of nitrogens with zero attached hydrogens (tertiary/aromatic N) is 1. The molecule has 10 heteroatoms. The lowest BCUT2D eigenvalue weighted by Crippen LogP contribution is -2.43. The molecule has 3 atom stereocenters. The molecule has 3 unspecified atom stereocenters. The molecule has 268 valence electrons. The molecular weight excluding hydrogens is 641 g/mol. The van der Waals surface area contributed by atoms with Crippen molar-refractivity contribution in [2.45, 2.75) is 43.9 Å². The highest BCUT2D eigenvalue weighted by Crippen LogP contribution is 2.37. The molecule has 3 aromatic carbocycles. The summed E-state index contributed by atoms with van der Waals surface area (Å²) < 4.78 is 37.1. The Morgan fingerprint density at radius 2 is 1.76 bits per heavy atom. The Morgan fingerprint density at radius 1 is 1.04 bits per heavy atom. The number of allylic oxidation sites excluding steroid dienone is 4. The number of benzene rings is 3. The number of aldehydes is 1. The topological polar surface area (TPSA) is 117 Å². The van der Waals surface area contributed by atoms with E-state index in [-0.39, 0.29) is 17.4 Å². The van der Waals surface area contributed by atoms with Crippen LogP contribution in [0.25, 0.3) is 11.3 Å². The van der Waals surface area contributed by atoms with Crippen LogP contribution in [0.2, 0.25) is 0 Å². The molecule has 7 nitrogen and oxygen atoms in total. The van der Waals surface area contributed by atoms with Gasteiger partial charge in [-0.15, -0.1) is 0 Å². The fourth-order valence-corrected chi connectivity index (χ4v) is 5.86. The summed E-state index contributed by atoms with van der Waals surface area (Å²) in [5.41, 5.74) is 3.23. The predicted molar refractivity (Wildman–Crippen MR) is 196 cm³/mol. The minimum atomic E-state index is -4.49. The molecule has 0 amide bonds. The van der Waals surface area contributed by atoms with Gasteiger partial charge >= 0.3 is 6.18 Å². The highest BCUT2D eigenvalue weighted by molar-refractivity contribution is 5.73. The zero-order valence-electron chi connectivity index (χ0n) is 29.2. The number of rotatable bonds is 14. The van der Waals surface area contributed by atoms with Gasteiger partial charge in [0.25, 0.3) is 0 Å². The highest BCUT2D eigenvalue weighted by atomic mass is 19.4. The van der Waals surface area contributed by atoms with Crippen LogP contribution in [0.4, 0.5) is 18.9 Å². The average molecular weight is 691 g/mol. The van der Waals surface area contributed by atoms with Crippen LogP contribution < -0.4 is 16.0 Å². The number of nitrogens with one attached hydrogen (secondary N) is 3. The van der Waals surface area contributed by atoms with Gasteiger partial charge in [0.05, 0.1) is 17.2 Å². The molecule has 0 heterocycles. The van der Waals surface area contributed by atoms with Crippen molar-refractivity contribution < 1.29 is 28.2 Å². The lowest BCUT2D eigenvalue weighted by Gasteiger charge is -2.35. The summed E-state index contributed by atoms with van der Waals surface area (Å²) >= 11 is 0. The van der Waals surface area contributed by atoms with Crippen LogP contribution in [-0.2, 0) is 17.4 Å². The summed E-state index contributed by atoms with van der Waals surface area (Å²) in [5.74, 6) is -0.0112. The van der Waals surface area contributed by atoms with Crippen molar-refractivity contribution >= 4 is 23.2 Å². The maximum Gasteiger partial charge on any atom is 0.417 e. The first-order valence-electron chi connectivity index (χ1n) is 16.4. The molecule has 0 saturated heterocycles. The third-order valence-electron chi connectivity index (χ3n) is 8.65. The average Bonchev–Trinajstić information content (AvgIpc) is 3.15. The van der Waals surface area contributed by atoms with Crippen LogP contribution in [0, 0.1) is 23.2 Å². The number of aliphatic hydroxyl groups is 2. The van der Waals surface area contributed by atoms with Crippen molar-refractivity contribution in [3.05, 3.63) is 125 Å². The molecule has 0 spiro atoms. The third kappa shape index (κ3) is 12.3. The maximum absolute atomic E-state index is 12.4. The first-order valence-corrected chi connectivity index (χ1v) is 16.4. The number of nitriles is 1. The van der Waals surface area contributed by atoms with Gasteiger partial charge in [0.2, 0.25) is 0 Å². The molecule has 1 aliphatic carbocycles. The summed E-state index contributed by atoms with van der Waals surface area (Å²) in [6.45, 7) is 4.83. The molecule has 0 aromatic heterocycles. The second kappa shape index (κ2) is 20.7. The number of halogens is 3. The number of carbonyl (C=O) groups is 1. The van der Waals surface area contributed by atoms with Crippen molar-refractivity contribution in [2.24, 2.45) is 11.8 Å². The van der Waals surface area contributed by atoms with E-state index in [0.717, 1.165) is 74.6 Å². The normalized spacial score (nSPS) is 15.4. The van der Waals surface area contributed by atoms with Crippen molar-refractivity contribution in [3.63, 3.8) is 0 Å². The third-order valence-corrected chi connectivity index (χ3v) is 8.65. The van der Waals surface area contributed by atoms with Crippen molar-refractivity contribution in [1.82, 2.24) is 10.6 Å². The largest absolute Gasteiger partial charge is 0.417 e. The van der Waals surface area contributed by atoms with Crippen LogP contribution in [0.15, 0.2) is 97.6 Å². The van der Waals surface area contributed by atoms with Crippen LogP contribution in [0.3, 0.4) is 0 Å². The lowest BCUT2D eigenvalue weighted by atomic mass is 9.74. The first kappa shape index (κ1) is 41.5. The fourth-order valence-electron chi connectivity index (χ4n) is 5.86. The summed E-state index contributed by atoms with van der Waals surface area (Å²) in [6.07, 6.45) is 6.21. The van der Waals surface area contributed by atoms with Crippen LogP contribution in [-0.4, -0.2) is 56.9 Å². The van der Waals surface area contributed by atoms with E-state index in [1.54, 1.807) is 0 Å². The van der Waals surface area contributed by atoms with E-state index in [2.05, 4.69) is 65.0 Å². The van der Waals surface area contributed by atoms with Crippen LogP contribution in [0.1, 0.15) is 53.5 Å². The van der Waals surface area contributed by atoms with E-state index in [0.29, 0.717) is 12.1 Å². The summed E-state index contributed by atoms with van der Waals surface area (Å²) in [7, 11) is 6.30. The SMILES string of the molecule is C=C(NC)c1cccc(C2=CC=CC(CC(O)(C=O)C(CCNC)CCc3ccccc3)C2)c1.CNc1ccc(C#N)c(C(F)(F)F)c1.CO. The number of carbonyl (C=O) groups excluding carboxylic acids is 1. The number of hydrogen-bond donors (Lipinski definition) is 5. The number of aliphatic hydroxyl groups excluding tert-OH is 1. The Kier molecular flexibility index (Phi) is 17.2. The van der Waals surface area contributed by atoms with Gasteiger partial charge in [0, 0.05) is 32.6 Å². The van der Waals surface area contributed by atoms with Gasteiger partial charge in [0.1, 0.15) is 5.60 Å². The molecule has 5 N–H and O–H groups in total. The Bertz CT molecular complexity index is 1620. The van der Waals surface area contributed by atoms with Crippen molar-refractivity contribution in [3.8, 4) is 6.07 Å². The molecule has 0 fully saturated rings.